The van der Waals surface area contributed by atoms with E-state index in [-0.39, 0.29) is 31.1 Å². The normalized spacial score (nSPS) is 14.9. The van der Waals surface area contributed by atoms with Crippen molar-refractivity contribution in [1.29, 1.82) is 0 Å². The second-order valence-electron chi connectivity index (χ2n) is 8.09. The minimum Gasteiger partial charge on any atom is -0.481 e. The summed E-state index contributed by atoms with van der Waals surface area (Å²) < 4.78 is 9.81. The summed E-state index contributed by atoms with van der Waals surface area (Å²) >= 11 is 0. The summed E-state index contributed by atoms with van der Waals surface area (Å²) in [7, 11) is 0. The monoisotopic (exact) mass is 396 g/mol. The molecule has 6 nitrogen and oxygen atoms in total. The summed E-state index contributed by atoms with van der Waals surface area (Å²) in [5.41, 5.74) is 0.914. The molecule has 3 atom stereocenters. The van der Waals surface area contributed by atoms with Gasteiger partial charge < -0.3 is 14.6 Å². The van der Waals surface area contributed by atoms with Gasteiger partial charge in [0.1, 0.15) is 13.2 Å². The number of rotatable bonds is 13. The van der Waals surface area contributed by atoms with Crippen LogP contribution in [0.4, 0.5) is 0 Å². The van der Waals surface area contributed by atoms with Crippen LogP contribution in [0.3, 0.4) is 0 Å². The van der Waals surface area contributed by atoms with E-state index in [4.69, 9.17) is 9.47 Å². The molecule has 28 heavy (non-hydrogen) atoms. The highest BCUT2D eigenvalue weighted by Crippen LogP contribution is 2.24. The number of carbonyl (C=O) groups excluding carboxylic acids is 2. The van der Waals surface area contributed by atoms with Gasteiger partial charge in [0.15, 0.2) is 0 Å². The minimum atomic E-state index is -1.05. The van der Waals surface area contributed by atoms with Gasteiger partial charge >= 0.3 is 17.9 Å². The molecule has 0 saturated carbocycles. The zero-order valence-corrected chi connectivity index (χ0v) is 18.1. The number of allylic oxidation sites excluding steroid dienone is 1. The predicted molar refractivity (Wildman–Crippen MR) is 109 cm³/mol. The van der Waals surface area contributed by atoms with Crippen LogP contribution in [0.15, 0.2) is 23.8 Å². The molecular formula is C22H36O6. The summed E-state index contributed by atoms with van der Waals surface area (Å²) in [4.78, 5) is 34.8. The molecule has 3 unspecified atom stereocenters. The summed E-state index contributed by atoms with van der Waals surface area (Å²) in [5.74, 6) is -1.76. The largest absolute Gasteiger partial charge is 0.481 e. The average molecular weight is 397 g/mol. The van der Waals surface area contributed by atoms with Crippen molar-refractivity contribution in [2.24, 2.45) is 23.7 Å². The van der Waals surface area contributed by atoms with Crippen LogP contribution in [-0.4, -0.2) is 36.2 Å². The van der Waals surface area contributed by atoms with E-state index in [1.807, 2.05) is 6.08 Å². The minimum absolute atomic E-state index is 0.0885. The number of carboxylic acid groups (broad SMARTS) is 1. The lowest BCUT2D eigenvalue weighted by atomic mass is 9.87. The number of esters is 2. The molecule has 0 rings (SSSR count). The molecule has 160 valence electrons. The van der Waals surface area contributed by atoms with Crippen LogP contribution in [0.5, 0.6) is 0 Å². The van der Waals surface area contributed by atoms with Gasteiger partial charge in [0.25, 0.3) is 0 Å². The fourth-order valence-electron chi connectivity index (χ4n) is 3.25. The molecule has 0 fully saturated rings. The Morgan fingerprint density at radius 3 is 2.07 bits per heavy atom. The Balaban J connectivity index is 4.62. The number of carboxylic acids is 1. The van der Waals surface area contributed by atoms with Crippen molar-refractivity contribution in [3.8, 4) is 0 Å². The predicted octanol–water partition coefficient (Wildman–Crippen LogP) is 4.39. The topological polar surface area (TPSA) is 89.9 Å². The van der Waals surface area contributed by atoms with Crippen LogP contribution in [0.1, 0.15) is 60.8 Å². The lowest BCUT2D eigenvalue weighted by Gasteiger charge is -2.19. The van der Waals surface area contributed by atoms with Crippen LogP contribution in [0, 0.1) is 23.7 Å². The third-order valence-corrected chi connectivity index (χ3v) is 4.34. The molecule has 0 amide bonds. The van der Waals surface area contributed by atoms with Gasteiger partial charge in [-0.3, -0.25) is 9.59 Å². The van der Waals surface area contributed by atoms with Gasteiger partial charge in [0.2, 0.25) is 0 Å². The second kappa shape index (κ2) is 13.1. The van der Waals surface area contributed by atoms with Crippen molar-refractivity contribution >= 4 is 17.9 Å². The maximum Gasteiger partial charge on any atom is 0.333 e. The first-order chi connectivity index (χ1) is 12.9. The summed E-state index contributed by atoms with van der Waals surface area (Å²) in [6, 6.07) is 0. The summed E-state index contributed by atoms with van der Waals surface area (Å²) in [6.07, 6.45) is 3.79. The van der Waals surface area contributed by atoms with Gasteiger partial charge in [-0.05, 0) is 44.4 Å². The molecular weight excluding hydrogens is 360 g/mol. The van der Waals surface area contributed by atoms with E-state index in [0.717, 1.165) is 12.8 Å². The van der Waals surface area contributed by atoms with E-state index in [0.29, 0.717) is 17.4 Å². The number of carbonyl (C=O) groups is 3. The van der Waals surface area contributed by atoms with E-state index in [1.165, 1.54) is 6.92 Å². The first kappa shape index (κ1) is 25.9. The third kappa shape index (κ3) is 11.6. The molecule has 0 aliphatic heterocycles. The van der Waals surface area contributed by atoms with Crippen molar-refractivity contribution in [3.05, 3.63) is 23.8 Å². The number of hydrogen-bond donors (Lipinski definition) is 1. The summed E-state index contributed by atoms with van der Waals surface area (Å²) in [6.45, 7) is 15.1. The van der Waals surface area contributed by atoms with Crippen LogP contribution in [0.25, 0.3) is 0 Å². The Morgan fingerprint density at radius 1 is 1.00 bits per heavy atom. The Hall–Kier alpha value is -2.11. The van der Waals surface area contributed by atoms with Gasteiger partial charge in [-0.15, -0.1) is 0 Å². The zero-order chi connectivity index (χ0) is 21.9. The quantitative estimate of drug-likeness (QED) is 0.215. The van der Waals surface area contributed by atoms with E-state index in [1.54, 1.807) is 6.92 Å². The van der Waals surface area contributed by atoms with E-state index < -0.39 is 23.8 Å². The molecule has 0 bridgehead atoms. The van der Waals surface area contributed by atoms with Crippen LogP contribution in [0.2, 0.25) is 0 Å². The van der Waals surface area contributed by atoms with Gasteiger partial charge in [-0.2, -0.15) is 0 Å². The fraction of sp³-hybridized carbons (Fsp3) is 0.682. The van der Waals surface area contributed by atoms with Crippen LogP contribution < -0.4 is 0 Å². The molecule has 0 aliphatic rings. The van der Waals surface area contributed by atoms with E-state index in [9.17, 15) is 19.5 Å². The molecule has 0 aromatic carbocycles. The molecule has 0 spiro atoms. The smallest absolute Gasteiger partial charge is 0.333 e. The summed E-state index contributed by atoms with van der Waals surface area (Å²) in [5, 5.41) is 9.48. The Morgan fingerprint density at radius 2 is 1.57 bits per heavy atom. The van der Waals surface area contributed by atoms with Crippen molar-refractivity contribution in [2.75, 3.05) is 13.2 Å². The van der Waals surface area contributed by atoms with Crippen LogP contribution in [-0.2, 0) is 23.9 Å². The van der Waals surface area contributed by atoms with Crippen LogP contribution >= 0.6 is 0 Å². The molecule has 6 heteroatoms. The van der Waals surface area contributed by atoms with Crippen molar-refractivity contribution in [2.45, 2.75) is 60.8 Å². The maximum absolute atomic E-state index is 12.0. The first-order valence-corrected chi connectivity index (χ1v) is 9.83. The number of hydrogen-bond acceptors (Lipinski definition) is 5. The molecule has 0 saturated heterocycles. The van der Waals surface area contributed by atoms with Gasteiger partial charge in [0, 0.05) is 5.57 Å². The van der Waals surface area contributed by atoms with Gasteiger partial charge in [0.05, 0.1) is 12.3 Å². The lowest BCUT2D eigenvalue weighted by Crippen LogP contribution is -2.22. The Labute approximate surface area is 169 Å². The van der Waals surface area contributed by atoms with Gasteiger partial charge in [-0.1, -0.05) is 45.9 Å². The molecule has 0 heterocycles. The molecule has 0 aliphatic carbocycles. The highest BCUT2D eigenvalue weighted by Gasteiger charge is 2.24. The Kier molecular flexibility index (Phi) is 12.1. The highest BCUT2D eigenvalue weighted by molar-refractivity contribution is 5.86. The van der Waals surface area contributed by atoms with Gasteiger partial charge in [-0.25, -0.2) is 4.79 Å². The highest BCUT2D eigenvalue weighted by atomic mass is 16.6. The molecule has 0 aromatic heterocycles. The third-order valence-electron chi connectivity index (χ3n) is 4.34. The molecule has 0 aromatic rings. The standard InChI is InChI=1S/C22H36O6/c1-14(2)10-16(5)11-17(6)12-18(7)19(21(24)25)13-20(23)27-8-9-28-22(26)15(3)4/h12,14,16-17,19H,3,8-11,13H2,1-2,4-7H3,(H,24,25)/b18-12+. The first-order valence-electron chi connectivity index (χ1n) is 9.83. The van der Waals surface area contributed by atoms with E-state index >= 15 is 0 Å². The maximum atomic E-state index is 12.0. The Bertz CT molecular complexity index is 576. The second-order valence-corrected chi connectivity index (χ2v) is 8.09. The van der Waals surface area contributed by atoms with E-state index in [2.05, 4.69) is 34.3 Å². The fourth-order valence-corrected chi connectivity index (χ4v) is 3.25. The molecule has 0 radical (unpaired) electrons. The number of aliphatic carboxylic acids is 1. The zero-order valence-electron chi connectivity index (χ0n) is 18.1. The lowest BCUT2D eigenvalue weighted by molar-refractivity contribution is -0.153. The number of ether oxygens (including phenoxy) is 2. The van der Waals surface area contributed by atoms with Crippen molar-refractivity contribution < 1.29 is 29.0 Å². The van der Waals surface area contributed by atoms with Crippen molar-refractivity contribution in [3.63, 3.8) is 0 Å². The van der Waals surface area contributed by atoms with Crippen molar-refractivity contribution in [1.82, 2.24) is 0 Å². The average Bonchev–Trinajstić information content (AvgIpc) is 2.54. The molecule has 1 N–H and O–H groups in total. The SMILES string of the molecule is C=C(C)C(=O)OCCOC(=O)CC(C(=O)O)/C(C)=C/C(C)CC(C)CC(C)C.